The molecule has 1 atom stereocenters. The summed E-state index contributed by atoms with van der Waals surface area (Å²) in [5.74, 6) is 0.679. The molecule has 0 aliphatic carbocycles. The number of aryl methyl sites for hydroxylation is 2. The third kappa shape index (κ3) is 2.62. The number of likely N-dealkylation sites (tertiary alicyclic amines) is 1. The van der Waals surface area contributed by atoms with Crippen molar-refractivity contribution < 1.29 is 14.3 Å². The number of aromatic nitrogens is 2. The minimum Gasteiger partial charge on any atom is -0.484 e. The van der Waals surface area contributed by atoms with Crippen LogP contribution in [0, 0.1) is 6.92 Å². The van der Waals surface area contributed by atoms with Crippen molar-refractivity contribution >= 4 is 11.7 Å². The molecule has 1 unspecified atom stereocenters. The number of amides is 1. The summed E-state index contributed by atoms with van der Waals surface area (Å²) in [7, 11) is 0. The van der Waals surface area contributed by atoms with Crippen LogP contribution in [0.25, 0.3) is 0 Å². The average Bonchev–Trinajstić information content (AvgIpc) is 3.18. The van der Waals surface area contributed by atoms with Crippen LogP contribution in [0.5, 0.6) is 5.75 Å². The Morgan fingerprint density at radius 1 is 1.36 bits per heavy atom. The van der Waals surface area contributed by atoms with Crippen LogP contribution < -0.4 is 4.74 Å². The lowest BCUT2D eigenvalue weighted by atomic mass is 9.89. The lowest BCUT2D eigenvalue weighted by Crippen LogP contribution is -2.45. The maximum absolute atomic E-state index is 12.9. The topological polar surface area (TPSA) is 64.4 Å². The molecule has 1 aromatic heterocycles. The monoisotopic (exact) mass is 339 g/mol. The van der Waals surface area contributed by atoms with Gasteiger partial charge in [-0.1, -0.05) is 12.1 Å². The van der Waals surface area contributed by atoms with Gasteiger partial charge in [-0.2, -0.15) is 5.10 Å². The molecule has 2 aliphatic rings. The number of para-hydroxylation sites is 1. The number of ether oxygens (including phenoxy) is 1. The summed E-state index contributed by atoms with van der Waals surface area (Å²) in [5.41, 5.74) is 1.40. The van der Waals surface area contributed by atoms with Crippen LogP contribution in [0.3, 0.4) is 0 Å². The molecule has 1 spiro atoms. The molecule has 25 heavy (non-hydrogen) atoms. The number of carbonyl (C=O) groups excluding carboxylic acids is 2. The van der Waals surface area contributed by atoms with Crippen LogP contribution >= 0.6 is 0 Å². The molecule has 130 valence electrons. The minimum atomic E-state index is -0.601. The zero-order valence-electron chi connectivity index (χ0n) is 14.5. The molecule has 0 radical (unpaired) electrons. The Balaban J connectivity index is 1.56. The van der Waals surface area contributed by atoms with Crippen LogP contribution in [-0.4, -0.2) is 45.1 Å². The molecule has 0 bridgehead atoms. The first-order valence-electron chi connectivity index (χ1n) is 8.66. The zero-order chi connectivity index (χ0) is 17.6. The van der Waals surface area contributed by atoms with E-state index in [4.69, 9.17) is 4.74 Å². The highest BCUT2D eigenvalue weighted by Crippen LogP contribution is 2.39. The SMILES string of the molecule is CCn1cc(C(=O)N2CCC3(CC(=O)c4ccccc4O3)C2)c(C)n1. The van der Waals surface area contributed by atoms with E-state index in [1.165, 1.54) is 0 Å². The van der Waals surface area contributed by atoms with Gasteiger partial charge >= 0.3 is 0 Å². The average molecular weight is 339 g/mol. The van der Waals surface area contributed by atoms with Crippen LogP contribution in [0.4, 0.5) is 0 Å². The molecule has 0 saturated carbocycles. The standard InChI is InChI=1S/C19H21N3O3/c1-3-22-11-15(13(2)20-22)18(24)21-9-8-19(12-21)10-16(23)14-6-4-5-7-17(14)25-19/h4-7,11H,3,8-10,12H2,1-2H3. The van der Waals surface area contributed by atoms with Gasteiger partial charge in [0, 0.05) is 25.7 Å². The van der Waals surface area contributed by atoms with Gasteiger partial charge in [0.05, 0.1) is 29.8 Å². The summed E-state index contributed by atoms with van der Waals surface area (Å²) in [6.07, 6.45) is 2.78. The zero-order valence-corrected chi connectivity index (χ0v) is 14.5. The predicted molar refractivity (Wildman–Crippen MR) is 91.9 cm³/mol. The van der Waals surface area contributed by atoms with Gasteiger partial charge in [-0.15, -0.1) is 0 Å². The highest BCUT2D eigenvalue weighted by Gasteiger charge is 2.47. The Hall–Kier alpha value is -2.63. The second kappa shape index (κ2) is 5.72. The van der Waals surface area contributed by atoms with E-state index in [-0.39, 0.29) is 11.7 Å². The third-order valence-corrected chi connectivity index (χ3v) is 5.10. The van der Waals surface area contributed by atoms with Crippen LogP contribution in [0.2, 0.25) is 0 Å². The fourth-order valence-corrected chi connectivity index (χ4v) is 3.75. The highest BCUT2D eigenvalue weighted by atomic mass is 16.5. The maximum atomic E-state index is 12.9. The largest absolute Gasteiger partial charge is 0.484 e. The molecule has 6 nitrogen and oxygen atoms in total. The summed E-state index contributed by atoms with van der Waals surface area (Å²) in [6.45, 7) is 5.59. The summed E-state index contributed by atoms with van der Waals surface area (Å²) < 4.78 is 7.96. The van der Waals surface area contributed by atoms with Gasteiger partial charge in [-0.05, 0) is 26.0 Å². The number of hydrogen-bond donors (Lipinski definition) is 0. The first kappa shape index (κ1) is 15.9. The molecule has 1 fully saturated rings. The molecule has 1 amide bonds. The van der Waals surface area contributed by atoms with Gasteiger partial charge in [-0.3, -0.25) is 14.3 Å². The van der Waals surface area contributed by atoms with E-state index in [0.717, 1.165) is 12.2 Å². The summed E-state index contributed by atoms with van der Waals surface area (Å²) >= 11 is 0. The molecular formula is C19H21N3O3. The fraction of sp³-hybridized carbons (Fsp3) is 0.421. The Bertz CT molecular complexity index is 857. The van der Waals surface area contributed by atoms with E-state index >= 15 is 0 Å². The van der Waals surface area contributed by atoms with Crippen molar-refractivity contribution in [2.45, 2.75) is 38.8 Å². The number of carbonyl (C=O) groups is 2. The lowest BCUT2D eigenvalue weighted by molar-refractivity contribution is 0.0428. The molecule has 1 aromatic carbocycles. The number of Topliss-reactive ketones (excluding diaryl/α,β-unsaturated/α-hetero) is 1. The Labute approximate surface area is 146 Å². The number of hydrogen-bond acceptors (Lipinski definition) is 4. The number of nitrogens with zero attached hydrogens (tertiary/aromatic N) is 3. The Morgan fingerprint density at radius 2 is 2.16 bits per heavy atom. The summed E-state index contributed by atoms with van der Waals surface area (Å²) in [6, 6.07) is 7.33. The second-order valence-electron chi connectivity index (χ2n) is 6.84. The van der Waals surface area contributed by atoms with Crippen LogP contribution in [0.1, 0.15) is 46.2 Å². The third-order valence-electron chi connectivity index (χ3n) is 5.10. The van der Waals surface area contributed by atoms with Gasteiger partial charge in [0.25, 0.3) is 5.91 Å². The normalized spacial score (nSPS) is 22.2. The number of benzene rings is 1. The molecule has 4 rings (SSSR count). The minimum absolute atomic E-state index is 0.0380. The number of rotatable bonds is 2. The smallest absolute Gasteiger partial charge is 0.257 e. The second-order valence-corrected chi connectivity index (χ2v) is 6.84. The molecule has 6 heteroatoms. The Kier molecular flexibility index (Phi) is 3.63. The molecule has 0 N–H and O–H groups in total. The van der Waals surface area contributed by atoms with Gasteiger partial charge < -0.3 is 9.64 Å². The molecular weight excluding hydrogens is 318 g/mol. The van der Waals surface area contributed by atoms with Gasteiger partial charge in [-0.25, -0.2) is 0 Å². The van der Waals surface area contributed by atoms with Crippen molar-refractivity contribution in [3.63, 3.8) is 0 Å². The van der Waals surface area contributed by atoms with Gasteiger partial charge in [0.1, 0.15) is 11.4 Å². The van der Waals surface area contributed by atoms with Crippen molar-refractivity contribution in [1.29, 1.82) is 0 Å². The molecule has 1 saturated heterocycles. The van der Waals surface area contributed by atoms with E-state index in [1.54, 1.807) is 21.8 Å². The maximum Gasteiger partial charge on any atom is 0.257 e. The Morgan fingerprint density at radius 3 is 2.92 bits per heavy atom. The van der Waals surface area contributed by atoms with E-state index < -0.39 is 5.60 Å². The number of ketones is 1. The van der Waals surface area contributed by atoms with E-state index in [0.29, 0.717) is 42.8 Å². The highest BCUT2D eigenvalue weighted by molar-refractivity contribution is 6.00. The summed E-state index contributed by atoms with van der Waals surface area (Å²) in [5, 5.41) is 4.35. The van der Waals surface area contributed by atoms with Gasteiger partial charge in [0.15, 0.2) is 5.78 Å². The van der Waals surface area contributed by atoms with Crippen LogP contribution in [0.15, 0.2) is 30.5 Å². The van der Waals surface area contributed by atoms with Crippen molar-refractivity contribution in [3.8, 4) is 5.75 Å². The molecule has 3 heterocycles. The number of fused-ring (bicyclic) bond motifs is 1. The predicted octanol–water partition coefficient (Wildman–Crippen LogP) is 2.46. The van der Waals surface area contributed by atoms with Crippen molar-refractivity contribution in [2.24, 2.45) is 0 Å². The van der Waals surface area contributed by atoms with E-state index in [1.807, 2.05) is 32.0 Å². The molecule has 2 aromatic rings. The van der Waals surface area contributed by atoms with E-state index in [9.17, 15) is 9.59 Å². The van der Waals surface area contributed by atoms with Crippen molar-refractivity contribution in [3.05, 3.63) is 47.3 Å². The van der Waals surface area contributed by atoms with E-state index in [2.05, 4.69) is 5.10 Å². The van der Waals surface area contributed by atoms with Gasteiger partial charge in [0.2, 0.25) is 0 Å². The quantitative estimate of drug-likeness (QED) is 0.843. The fourth-order valence-electron chi connectivity index (χ4n) is 3.75. The van der Waals surface area contributed by atoms with Crippen molar-refractivity contribution in [1.82, 2.24) is 14.7 Å². The summed E-state index contributed by atoms with van der Waals surface area (Å²) in [4.78, 5) is 27.2. The lowest BCUT2D eigenvalue weighted by Gasteiger charge is -2.34. The first-order chi connectivity index (χ1) is 12.0. The molecule has 2 aliphatic heterocycles. The van der Waals surface area contributed by atoms with Crippen molar-refractivity contribution in [2.75, 3.05) is 13.1 Å². The van der Waals surface area contributed by atoms with Crippen LogP contribution in [-0.2, 0) is 6.54 Å². The first-order valence-corrected chi connectivity index (χ1v) is 8.66.